The minimum Gasteiger partial charge on any atom is -0.465 e. The third-order valence-corrected chi connectivity index (χ3v) is 2.17. The quantitative estimate of drug-likeness (QED) is 0.690. The van der Waals surface area contributed by atoms with Gasteiger partial charge in [0.15, 0.2) is 5.82 Å². The molecule has 0 fully saturated rings. The molecular formula is C10H9N5O4. The maximum atomic E-state index is 11.5. The SMILES string of the molecule is COC(=O)c1ncn(-c2ncncc2C(=O)OC)n1. The monoisotopic (exact) mass is 263 g/mol. The van der Waals surface area contributed by atoms with Gasteiger partial charge in [0.25, 0.3) is 5.82 Å². The molecule has 0 atom stereocenters. The van der Waals surface area contributed by atoms with Gasteiger partial charge in [-0.05, 0) is 0 Å². The summed E-state index contributed by atoms with van der Waals surface area (Å²) in [5.74, 6) is -1.29. The molecule has 2 aromatic heterocycles. The Morgan fingerprint density at radius 2 is 1.89 bits per heavy atom. The van der Waals surface area contributed by atoms with Crippen LogP contribution in [0.25, 0.3) is 5.82 Å². The zero-order valence-electron chi connectivity index (χ0n) is 10.1. The molecule has 0 aliphatic rings. The molecule has 0 saturated heterocycles. The summed E-state index contributed by atoms with van der Waals surface area (Å²) in [7, 11) is 2.45. The van der Waals surface area contributed by atoms with E-state index in [0.29, 0.717) is 0 Å². The summed E-state index contributed by atoms with van der Waals surface area (Å²) in [6.45, 7) is 0. The van der Waals surface area contributed by atoms with Gasteiger partial charge in [-0.2, -0.15) is 0 Å². The third-order valence-electron chi connectivity index (χ3n) is 2.17. The summed E-state index contributed by atoms with van der Waals surface area (Å²) in [4.78, 5) is 34.2. The smallest absolute Gasteiger partial charge is 0.377 e. The summed E-state index contributed by atoms with van der Waals surface area (Å²) < 4.78 is 10.3. The molecule has 0 radical (unpaired) electrons. The highest BCUT2D eigenvalue weighted by atomic mass is 16.5. The van der Waals surface area contributed by atoms with Crippen molar-refractivity contribution < 1.29 is 19.1 Å². The molecule has 0 aliphatic heterocycles. The number of hydrogen-bond acceptors (Lipinski definition) is 8. The van der Waals surface area contributed by atoms with Gasteiger partial charge in [0.05, 0.1) is 14.2 Å². The molecule has 0 aliphatic carbocycles. The van der Waals surface area contributed by atoms with Crippen LogP contribution in [0, 0.1) is 0 Å². The number of rotatable bonds is 3. The lowest BCUT2D eigenvalue weighted by molar-refractivity contribution is 0.0584. The van der Waals surface area contributed by atoms with Crippen molar-refractivity contribution in [2.24, 2.45) is 0 Å². The van der Waals surface area contributed by atoms with E-state index in [9.17, 15) is 9.59 Å². The topological polar surface area (TPSA) is 109 Å². The van der Waals surface area contributed by atoms with Crippen LogP contribution in [-0.4, -0.2) is 50.9 Å². The van der Waals surface area contributed by atoms with Crippen LogP contribution in [0.3, 0.4) is 0 Å². The van der Waals surface area contributed by atoms with Gasteiger partial charge >= 0.3 is 11.9 Å². The Balaban J connectivity index is 2.45. The Morgan fingerprint density at radius 3 is 2.58 bits per heavy atom. The molecule has 0 aromatic carbocycles. The lowest BCUT2D eigenvalue weighted by atomic mass is 10.3. The van der Waals surface area contributed by atoms with Crippen LogP contribution in [0.2, 0.25) is 0 Å². The maximum Gasteiger partial charge on any atom is 0.377 e. The van der Waals surface area contributed by atoms with Crippen LogP contribution in [0.4, 0.5) is 0 Å². The molecule has 98 valence electrons. The Hall–Kier alpha value is -2.84. The number of hydrogen-bond donors (Lipinski definition) is 0. The predicted octanol–water partition coefficient (Wildman–Crippen LogP) is -0.369. The van der Waals surface area contributed by atoms with E-state index in [4.69, 9.17) is 0 Å². The van der Waals surface area contributed by atoms with Crippen LogP contribution < -0.4 is 0 Å². The zero-order valence-corrected chi connectivity index (χ0v) is 10.1. The first-order valence-electron chi connectivity index (χ1n) is 5.06. The predicted molar refractivity (Wildman–Crippen MR) is 59.6 cm³/mol. The highest BCUT2D eigenvalue weighted by Crippen LogP contribution is 2.10. The normalized spacial score (nSPS) is 10.0. The van der Waals surface area contributed by atoms with E-state index in [-0.39, 0.29) is 17.2 Å². The zero-order chi connectivity index (χ0) is 13.8. The number of ether oxygens (including phenoxy) is 2. The van der Waals surface area contributed by atoms with Crippen molar-refractivity contribution in [1.29, 1.82) is 0 Å². The number of nitrogens with zero attached hydrogens (tertiary/aromatic N) is 5. The number of carbonyl (C=O) groups excluding carboxylic acids is 2. The fourth-order valence-corrected chi connectivity index (χ4v) is 1.31. The molecule has 0 bridgehead atoms. The molecule has 0 N–H and O–H groups in total. The van der Waals surface area contributed by atoms with Crippen molar-refractivity contribution in [2.45, 2.75) is 0 Å². The molecule has 0 saturated carbocycles. The Morgan fingerprint density at radius 1 is 1.16 bits per heavy atom. The second-order valence-corrected chi connectivity index (χ2v) is 3.26. The van der Waals surface area contributed by atoms with Gasteiger partial charge in [-0.1, -0.05) is 0 Å². The Bertz CT molecular complexity index is 624. The molecule has 2 rings (SSSR count). The van der Waals surface area contributed by atoms with Gasteiger partial charge in [-0.15, -0.1) is 5.10 Å². The standard InChI is InChI=1S/C10H9N5O4/c1-18-9(16)6-3-11-4-12-8(6)15-5-13-7(14-15)10(17)19-2/h3-5H,1-2H3. The molecule has 2 aromatic rings. The number of carbonyl (C=O) groups is 2. The van der Waals surface area contributed by atoms with Gasteiger partial charge in [-0.25, -0.2) is 29.2 Å². The van der Waals surface area contributed by atoms with Gasteiger partial charge in [0.2, 0.25) is 0 Å². The average Bonchev–Trinajstić information content (AvgIpc) is 2.95. The Labute approximate surface area is 107 Å². The van der Waals surface area contributed by atoms with Crippen molar-refractivity contribution >= 4 is 11.9 Å². The van der Waals surface area contributed by atoms with Crippen molar-refractivity contribution in [1.82, 2.24) is 24.7 Å². The number of methoxy groups -OCH3 is 2. The minimum atomic E-state index is -0.688. The second-order valence-electron chi connectivity index (χ2n) is 3.26. The first-order valence-corrected chi connectivity index (χ1v) is 5.06. The summed E-state index contributed by atoms with van der Waals surface area (Å²) in [5.41, 5.74) is 0.103. The molecule has 19 heavy (non-hydrogen) atoms. The van der Waals surface area contributed by atoms with Crippen LogP contribution in [-0.2, 0) is 9.47 Å². The molecule has 9 nitrogen and oxygen atoms in total. The van der Waals surface area contributed by atoms with E-state index in [1.807, 2.05) is 0 Å². The lowest BCUT2D eigenvalue weighted by Gasteiger charge is -2.04. The summed E-state index contributed by atoms with van der Waals surface area (Å²) in [5, 5.41) is 3.86. The maximum absolute atomic E-state index is 11.5. The largest absolute Gasteiger partial charge is 0.465 e. The van der Waals surface area contributed by atoms with Crippen LogP contribution >= 0.6 is 0 Å². The van der Waals surface area contributed by atoms with Crippen LogP contribution in [0.15, 0.2) is 18.9 Å². The van der Waals surface area contributed by atoms with Crippen molar-refractivity contribution in [3.8, 4) is 5.82 Å². The van der Waals surface area contributed by atoms with Crippen LogP contribution in [0.1, 0.15) is 21.0 Å². The number of esters is 2. The van der Waals surface area contributed by atoms with E-state index in [0.717, 1.165) is 0 Å². The highest BCUT2D eigenvalue weighted by Gasteiger charge is 2.18. The highest BCUT2D eigenvalue weighted by molar-refractivity contribution is 5.92. The van der Waals surface area contributed by atoms with Gasteiger partial charge in [0.1, 0.15) is 18.2 Å². The second kappa shape index (κ2) is 5.21. The van der Waals surface area contributed by atoms with Crippen molar-refractivity contribution in [3.63, 3.8) is 0 Å². The molecule has 0 unspecified atom stereocenters. The van der Waals surface area contributed by atoms with E-state index in [1.54, 1.807) is 0 Å². The fourth-order valence-electron chi connectivity index (χ4n) is 1.31. The molecular weight excluding hydrogens is 254 g/mol. The minimum absolute atomic E-state index is 0.103. The van der Waals surface area contributed by atoms with Gasteiger partial charge in [-0.3, -0.25) is 0 Å². The molecule has 2 heterocycles. The first kappa shape index (κ1) is 12.6. The van der Waals surface area contributed by atoms with E-state index < -0.39 is 11.9 Å². The average molecular weight is 263 g/mol. The molecule has 0 amide bonds. The van der Waals surface area contributed by atoms with E-state index >= 15 is 0 Å². The Kier molecular flexibility index (Phi) is 3.46. The first-order chi connectivity index (χ1) is 9.17. The van der Waals surface area contributed by atoms with Crippen molar-refractivity contribution in [3.05, 3.63) is 30.2 Å². The van der Waals surface area contributed by atoms with Crippen LogP contribution in [0.5, 0.6) is 0 Å². The summed E-state index contributed by atoms with van der Waals surface area (Å²) in [6.07, 6.45) is 3.76. The third kappa shape index (κ3) is 2.39. The van der Waals surface area contributed by atoms with Crippen molar-refractivity contribution in [2.75, 3.05) is 14.2 Å². The summed E-state index contributed by atoms with van der Waals surface area (Å²) >= 11 is 0. The molecule has 9 heteroatoms. The van der Waals surface area contributed by atoms with Gasteiger partial charge in [0, 0.05) is 6.20 Å². The lowest BCUT2D eigenvalue weighted by Crippen LogP contribution is -2.12. The fraction of sp³-hybridized carbons (Fsp3) is 0.200. The number of aromatic nitrogens is 5. The molecule has 0 spiro atoms. The van der Waals surface area contributed by atoms with E-state index in [1.165, 1.54) is 37.8 Å². The van der Waals surface area contributed by atoms with E-state index in [2.05, 4.69) is 29.5 Å². The van der Waals surface area contributed by atoms with Gasteiger partial charge < -0.3 is 9.47 Å². The summed E-state index contributed by atoms with van der Waals surface area (Å²) in [6, 6.07) is 0.